The van der Waals surface area contributed by atoms with Crippen molar-refractivity contribution in [3.63, 3.8) is 0 Å². The van der Waals surface area contributed by atoms with Crippen LogP contribution in [0.2, 0.25) is 0 Å². The first-order chi connectivity index (χ1) is 11.8. The molecule has 1 N–H and O–H groups in total. The summed E-state index contributed by atoms with van der Waals surface area (Å²) in [5.74, 6) is 0.270. The Hall–Kier alpha value is -2.04. The Morgan fingerprint density at radius 1 is 1.44 bits per heavy atom. The van der Waals surface area contributed by atoms with E-state index in [4.69, 9.17) is 0 Å². The molecule has 1 fully saturated rings. The monoisotopic (exact) mass is 367 g/mol. The van der Waals surface area contributed by atoms with Gasteiger partial charge in [-0.3, -0.25) is 19.7 Å². The number of nitro groups is 1. The van der Waals surface area contributed by atoms with E-state index in [1.807, 2.05) is 4.68 Å². The topological polar surface area (TPSA) is 110 Å². The molecule has 1 aliphatic rings. The fraction of sp³-hybridized carbons (Fsp3) is 0.533. The summed E-state index contributed by atoms with van der Waals surface area (Å²) in [5, 5.41) is 15.9. The third kappa shape index (κ3) is 4.53. The minimum atomic E-state index is -3.17. The predicted molar refractivity (Wildman–Crippen MR) is 93.5 cm³/mol. The molecule has 136 valence electrons. The summed E-state index contributed by atoms with van der Waals surface area (Å²) in [5.41, 5.74) is 0.902. The van der Waals surface area contributed by atoms with E-state index in [-0.39, 0.29) is 11.6 Å². The van der Waals surface area contributed by atoms with Gasteiger partial charge in [0.25, 0.3) is 5.69 Å². The number of rotatable bonds is 6. The maximum absolute atomic E-state index is 11.2. The van der Waals surface area contributed by atoms with Gasteiger partial charge in [0.1, 0.15) is 0 Å². The smallest absolute Gasteiger partial charge is 0.270 e. The van der Waals surface area contributed by atoms with E-state index in [1.54, 1.807) is 12.3 Å². The Balaban J connectivity index is 1.67. The van der Waals surface area contributed by atoms with Crippen molar-refractivity contribution in [1.29, 1.82) is 0 Å². The third-order valence-corrected chi connectivity index (χ3v) is 5.10. The van der Waals surface area contributed by atoms with E-state index in [0.29, 0.717) is 13.2 Å². The molecular formula is C15H21N5O4S. The van der Waals surface area contributed by atoms with Crippen LogP contribution in [-0.4, -0.2) is 53.9 Å². The molecular weight excluding hydrogens is 346 g/mol. The molecule has 3 rings (SSSR count). The van der Waals surface area contributed by atoms with Crippen LogP contribution >= 0.6 is 0 Å². The van der Waals surface area contributed by atoms with Crippen LogP contribution in [0.25, 0.3) is 10.9 Å². The standard InChI is InChI=1S/C15H21N5O4S/c1-25(23,24)17-8-12-3-2-6-18(10-12)11-19-15-5-4-14(20(21)22)7-13(15)9-16-19/h4-5,7,9,12,17H,2-3,6,8,10-11H2,1H3/t12-/m1/s1. The molecule has 0 radical (unpaired) electrons. The summed E-state index contributed by atoms with van der Waals surface area (Å²) in [6, 6.07) is 4.72. The molecule has 2 heterocycles. The number of likely N-dealkylation sites (tertiary alicyclic amines) is 1. The van der Waals surface area contributed by atoms with Gasteiger partial charge in [0.15, 0.2) is 0 Å². The highest BCUT2D eigenvalue weighted by Crippen LogP contribution is 2.22. The fourth-order valence-electron chi connectivity index (χ4n) is 3.21. The molecule has 0 saturated carbocycles. The molecule has 0 unspecified atom stereocenters. The number of aromatic nitrogens is 2. The maximum Gasteiger partial charge on any atom is 0.270 e. The largest absolute Gasteiger partial charge is 0.284 e. The van der Waals surface area contributed by atoms with Crippen molar-refractivity contribution < 1.29 is 13.3 Å². The Bertz CT molecular complexity index is 879. The molecule has 9 nitrogen and oxygen atoms in total. The number of piperidine rings is 1. The van der Waals surface area contributed by atoms with Crippen molar-refractivity contribution >= 4 is 26.6 Å². The number of hydrogen-bond acceptors (Lipinski definition) is 6. The Labute approximate surface area is 145 Å². The number of non-ortho nitro benzene ring substituents is 1. The van der Waals surface area contributed by atoms with Crippen molar-refractivity contribution in [2.24, 2.45) is 5.92 Å². The summed E-state index contributed by atoms with van der Waals surface area (Å²) < 4.78 is 26.9. The minimum absolute atomic E-state index is 0.0527. The lowest BCUT2D eigenvalue weighted by molar-refractivity contribution is -0.384. The van der Waals surface area contributed by atoms with E-state index < -0.39 is 14.9 Å². The number of benzene rings is 1. The molecule has 1 aromatic heterocycles. The van der Waals surface area contributed by atoms with E-state index in [1.165, 1.54) is 18.4 Å². The second-order valence-corrected chi connectivity index (χ2v) is 8.32. The van der Waals surface area contributed by atoms with Gasteiger partial charge < -0.3 is 0 Å². The van der Waals surface area contributed by atoms with Crippen LogP contribution < -0.4 is 4.72 Å². The molecule has 1 atom stereocenters. The average Bonchev–Trinajstić information content (AvgIpc) is 2.95. The van der Waals surface area contributed by atoms with Crippen LogP contribution in [0.3, 0.4) is 0 Å². The van der Waals surface area contributed by atoms with Gasteiger partial charge in [-0.15, -0.1) is 0 Å². The van der Waals surface area contributed by atoms with Gasteiger partial charge in [0.2, 0.25) is 10.0 Å². The number of nitro benzene ring substituents is 1. The zero-order chi connectivity index (χ0) is 18.0. The molecule has 1 aliphatic heterocycles. The van der Waals surface area contributed by atoms with Crippen LogP contribution in [0.5, 0.6) is 0 Å². The lowest BCUT2D eigenvalue weighted by Gasteiger charge is -2.32. The molecule has 25 heavy (non-hydrogen) atoms. The Morgan fingerprint density at radius 3 is 2.96 bits per heavy atom. The van der Waals surface area contributed by atoms with Gasteiger partial charge >= 0.3 is 0 Å². The maximum atomic E-state index is 11.2. The van der Waals surface area contributed by atoms with Gasteiger partial charge in [0.05, 0.1) is 29.6 Å². The number of hydrogen-bond donors (Lipinski definition) is 1. The van der Waals surface area contributed by atoms with Gasteiger partial charge in [-0.1, -0.05) is 0 Å². The van der Waals surface area contributed by atoms with Gasteiger partial charge in [0, 0.05) is 30.6 Å². The van der Waals surface area contributed by atoms with Crippen LogP contribution in [0.1, 0.15) is 12.8 Å². The van der Waals surface area contributed by atoms with Gasteiger partial charge in [-0.05, 0) is 31.4 Å². The van der Waals surface area contributed by atoms with E-state index in [9.17, 15) is 18.5 Å². The quantitative estimate of drug-likeness (QED) is 0.606. The van der Waals surface area contributed by atoms with E-state index in [0.717, 1.165) is 36.8 Å². The molecule has 10 heteroatoms. The molecule has 0 bridgehead atoms. The van der Waals surface area contributed by atoms with Crippen molar-refractivity contribution in [2.45, 2.75) is 19.5 Å². The number of fused-ring (bicyclic) bond motifs is 1. The van der Waals surface area contributed by atoms with E-state index in [2.05, 4.69) is 14.7 Å². The van der Waals surface area contributed by atoms with Gasteiger partial charge in [-0.2, -0.15) is 5.10 Å². The van der Waals surface area contributed by atoms with Gasteiger partial charge in [-0.25, -0.2) is 13.1 Å². The molecule has 0 amide bonds. The predicted octanol–water partition coefficient (Wildman–Crippen LogP) is 1.16. The van der Waals surface area contributed by atoms with Crippen LogP contribution in [0, 0.1) is 16.0 Å². The van der Waals surface area contributed by atoms with Crippen LogP contribution in [-0.2, 0) is 16.7 Å². The zero-order valence-electron chi connectivity index (χ0n) is 14.0. The highest BCUT2D eigenvalue weighted by Gasteiger charge is 2.21. The lowest BCUT2D eigenvalue weighted by Crippen LogP contribution is -2.41. The van der Waals surface area contributed by atoms with Crippen molar-refractivity contribution in [3.05, 3.63) is 34.5 Å². The lowest BCUT2D eigenvalue weighted by atomic mass is 9.99. The summed E-state index contributed by atoms with van der Waals surface area (Å²) in [6.45, 7) is 2.73. The first-order valence-electron chi connectivity index (χ1n) is 8.09. The number of nitrogens with zero attached hydrogens (tertiary/aromatic N) is 4. The van der Waals surface area contributed by atoms with E-state index >= 15 is 0 Å². The first kappa shape index (κ1) is 17.8. The highest BCUT2D eigenvalue weighted by atomic mass is 32.2. The Morgan fingerprint density at radius 2 is 2.24 bits per heavy atom. The van der Waals surface area contributed by atoms with Crippen molar-refractivity contribution in [1.82, 2.24) is 19.4 Å². The second-order valence-electron chi connectivity index (χ2n) is 6.49. The molecule has 2 aromatic rings. The fourth-order valence-corrected chi connectivity index (χ4v) is 3.74. The average molecular weight is 367 g/mol. The third-order valence-electron chi connectivity index (χ3n) is 4.41. The SMILES string of the molecule is CS(=O)(=O)NC[C@H]1CCCN(Cn2ncc3cc([N+](=O)[O-])ccc32)C1. The second kappa shape index (κ2) is 7.06. The van der Waals surface area contributed by atoms with Crippen LogP contribution in [0.15, 0.2) is 24.4 Å². The minimum Gasteiger partial charge on any atom is -0.284 e. The van der Waals surface area contributed by atoms with Crippen LogP contribution in [0.4, 0.5) is 5.69 Å². The molecule has 0 aliphatic carbocycles. The summed E-state index contributed by atoms with van der Waals surface area (Å²) >= 11 is 0. The molecule has 1 saturated heterocycles. The summed E-state index contributed by atoms with van der Waals surface area (Å²) in [7, 11) is -3.17. The highest BCUT2D eigenvalue weighted by molar-refractivity contribution is 7.88. The molecule has 1 aromatic carbocycles. The first-order valence-corrected chi connectivity index (χ1v) is 9.98. The van der Waals surface area contributed by atoms with Crippen molar-refractivity contribution in [2.75, 3.05) is 25.9 Å². The number of sulfonamides is 1. The summed E-state index contributed by atoms with van der Waals surface area (Å²) in [6.07, 6.45) is 4.80. The Kier molecular flexibility index (Phi) is 5.02. The molecule has 0 spiro atoms. The van der Waals surface area contributed by atoms with Crippen molar-refractivity contribution in [3.8, 4) is 0 Å². The normalized spacial score (nSPS) is 19.3. The summed E-state index contributed by atoms with van der Waals surface area (Å²) in [4.78, 5) is 12.7. The zero-order valence-corrected chi connectivity index (χ0v) is 14.8. The number of nitrogens with one attached hydrogen (secondary N) is 1.